The Kier molecular flexibility index (Phi) is 5.19. The fourth-order valence-corrected chi connectivity index (χ4v) is 2.78. The zero-order valence-corrected chi connectivity index (χ0v) is 16.3. The standard InChI is InChI=1S/C14H13Br2Cl2N3/c1-14(2,3)13-20-9(16)6-10(21-13)19-8-5-4-7(15)11(17)12(8)18/h4-6H,1-3H3,(H,19,20,21). The van der Waals surface area contributed by atoms with Crippen molar-refractivity contribution in [2.75, 3.05) is 5.32 Å². The first-order valence-corrected chi connectivity index (χ1v) is 8.48. The van der Waals surface area contributed by atoms with Gasteiger partial charge in [-0.05, 0) is 44.0 Å². The smallest absolute Gasteiger partial charge is 0.137 e. The molecule has 2 aromatic rings. The van der Waals surface area contributed by atoms with Crippen molar-refractivity contribution in [1.29, 1.82) is 0 Å². The van der Waals surface area contributed by atoms with Crippen LogP contribution in [0.4, 0.5) is 11.5 Å². The van der Waals surface area contributed by atoms with Crippen molar-refractivity contribution in [2.24, 2.45) is 0 Å². The van der Waals surface area contributed by atoms with Crippen molar-refractivity contribution in [3.8, 4) is 0 Å². The highest BCUT2D eigenvalue weighted by molar-refractivity contribution is 9.10. The number of halogens is 4. The van der Waals surface area contributed by atoms with Gasteiger partial charge in [0, 0.05) is 16.0 Å². The van der Waals surface area contributed by atoms with Gasteiger partial charge in [-0.3, -0.25) is 0 Å². The average Bonchev–Trinajstić information content (AvgIpc) is 2.38. The molecule has 1 heterocycles. The monoisotopic (exact) mass is 451 g/mol. The summed E-state index contributed by atoms with van der Waals surface area (Å²) in [4.78, 5) is 8.93. The molecule has 21 heavy (non-hydrogen) atoms. The van der Waals surface area contributed by atoms with Gasteiger partial charge in [0.2, 0.25) is 0 Å². The van der Waals surface area contributed by atoms with Crippen molar-refractivity contribution >= 4 is 66.6 Å². The average molecular weight is 454 g/mol. The summed E-state index contributed by atoms with van der Waals surface area (Å²) < 4.78 is 1.46. The molecule has 3 nitrogen and oxygen atoms in total. The van der Waals surface area contributed by atoms with Gasteiger partial charge in [-0.2, -0.15) is 0 Å². The summed E-state index contributed by atoms with van der Waals surface area (Å²) in [5, 5.41) is 4.08. The number of hydrogen-bond donors (Lipinski definition) is 1. The minimum absolute atomic E-state index is 0.151. The molecule has 0 aliphatic heterocycles. The fourth-order valence-electron chi connectivity index (χ4n) is 1.58. The van der Waals surface area contributed by atoms with E-state index in [1.807, 2.05) is 12.1 Å². The largest absolute Gasteiger partial charge is 0.339 e. The van der Waals surface area contributed by atoms with Crippen LogP contribution in [0.2, 0.25) is 10.0 Å². The second-order valence-corrected chi connectivity index (χ2v) is 7.92. The first-order chi connectivity index (χ1) is 9.68. The fraction of sp³-hybridized carbons (Fsp3) is 0.286. The second-order valence-electron chi connectivity index (χ2n) is 5.50. The van der Waals surface area contributed by atoms with Gasteiger partial charge >= 0.3 is 0 Å². The molecule has 0 bridgehead atoms. The molecule has 0 radical (unpaired) electrons. The lowest BCUT2D eigenvalue weighted by atomic mass is 9.96. The van der Waals surface area contributed by atoms with Gasteiger partial charge in [0.05, 0.1) is 15.7 Å². The van der Waals surface area contributed by atoms with Gasteiger partial charge in [0.15, 0.2) is 0 Å². The van der Waals surface area contributed by atoms with Crippen LogP contribution in [0.1, 0.15) is 26.6 Å². The number of benzene rings is 1. The summed E-state index contributed by atoms with van der Waals surface area (Å²) in [7, 11) is 0. The summed E-state index contributed by atoms with van der Waals surface area (Å²) in [5.41, 5.74) is 0.539. The number of hydrogen-bond acceptors (Lipinski definition) is 3. The van der Waals surface area contributed by atoms with E-state index in [9.17, 15) is 0 Å². The van der Waals surface area contributed by atoms with Crippen LogP contribution in [-0.4, -0.2) is 9.97 Å². The van der Waals surface area contributed by atoms with Crippen LogP contribution >= 0.6 is 55.1 Å². The minimum Gasteiger partial charge on any atom is -0.339 e. The molecule has 0 aliphatic rings. The predicted molar refractivity (Wildman–Crippen MR) is 95.9 cm³/mol. The van der Waals surface area contributed by atoms with E-state index >= 15 is 0 Å². The van der Waals surface area contributed by atoms with Crippen LogP contribution in [0.15, 0.2) is 27.3 Å². The molecule has 0 aliphatic carbocycles. The van der Waals surface area contributed by atoms with Crippen LogP contribution in [-0.2, 0) is 5.41 Å². The van der Waals surface area contributed by atoms with E-state index in [-0.39, 0.29) is 5.41 Å². The molecule has 0 spiro atoms. The second kappa shape index (κ2) is 6.41. The highest BCUT2D eigenvalue weighted by Crippen LogP contribution is 2.37. The van der Waals surface area contributed by atoms with E-state index in [0.29, 0.717) is 26.2 Å². The Morgan fingerprint density at radius 3 is 2.33 bits per heavy atom. The molecule has 112 valence electrons. The van der Waals surface area contributed by atoms with E-state index in [0.717, 1.165) is 10.3 Å². The van der Waals surface area contributed by atoms with Gasteiger partial charge in [-0.15, -0.1) is 0 Å². The lowest BCUT2D eigenvalue weighted by Crippen LogP contribution is -2.16. The van der Waals surface area contributed by atoms with Crippen LogP contribution in [0.25, 0.3) is 0 Å². The van der Waals surface area contributed by atoms with Crippen LogP contribution in [0.5, 0.6) is 0 Å². The van der Waals surface area contributed by atoms with Crippen molar-refractivity contribution in [3.05, 3.63) is 43.1 Å². The summed E-state index contributed by atoms with van der Waals surface area (Å²) in [6.45, 7) is 6.17. The summed E-state index contributed by atoms with van der Waals surface area (Å²) in [6, 6.07) is 5.46. The molecule has 0 fully saturated rings. The molecule has 0 amide bonds. The first-order valence-electron chi connectivity index (χ1n) is 6.14. The van der Waals surface area contributed by atoms with Crippen molar-refractivity contribution in [2.45, 2.75) is 26.2 Å². The van der Waals surface area contributed by atoms with Crippen LogP contribution in [0, 0.1) is 0 Å². The summed E-state index contributed by atoms with van der Waals surface area (Å²) in [6.07, 6.45) is 0. The Hall–Kier alpha value is -0.360. The maximum absolute atomic E-state index is 6.24. The van der Waals surface area contributed by atoms with Gasteiger partial charge in [0.25, 0.3) is 0 Å². The van der Waals surface area contributed by atoms with E-state index in [4.69, 9.17) is 23.2 Å². The van der Waals surface area contributed by atoms with Crippen LogP contribution < -0.4 is 5.32 Å². The van der Waals surface area contributed by atoms with Gasteiger partial charge in [0.1, 0.15) is 16.2 Å². The third-order valence-electron chi connectivity index (χ3n) is 2.66. The quantitative estimate of drug-likeness (QED) is 0.425. The SMILES string of the molecule is CC(C)(C)c1nc(Br)cc(Nc2ccc(Br)c(Cl)c2Cl)n1. The number of nitrogens with zero attached hydrogens (tertiary/aromatic N) is 2. The molecule has 2 rings (SSSR count). The summed E-state index contributed by atoms with van der Waals surface area (Å²) >= 11 is 19.1. The van der Waals surface area contributed by atoms with Gasteiger partial charge in [-0.25, -0.2) is 9.97 Å². The van der Waals surface area contributed by atoms with E-state index in [2.05, 4.69) is 67.9 Å². The molecule has 7 heteroatoms. The molecule has 0 unspecified atom stereocenters. The molecule has 0 atom stereocenters. The lowest BCUT2D eigenvalue weighted by Gasteiger charge is -2.18. The molecule has 1 N–H and O–H groups in total. The van der Waals surface area contributed by atoms with E-state index in [1.165, 1.54) is 0 Å². The Labute approximate surface area is 150 Å². The minimum atomic E-state index is -0.151. The Morgan fingerprint density at radius 2 is 1.71 bits per heavy atom. The maximum Gasteiger partial charge on any atom is 0.137 e. The first kappa shape index (κ1) is 17.0. The highest BCUT2D eigenvalue weighted by atomic mass is 79.9. The molecule has 0 saturated heterocycles. The third kappa shape index (κ3) is 4.09. The number of anilines is 2. The maximum atomic E-state index is 6.24. The number of rotatable bonds is 2. The van der Waals surface area contributed by atoms with Crippen LogP contribution in [0.3, 0.4) is 0 Å². The Balaban J connectivity index is 2.41. The molecular formula is C14H13Br2Cl2N3. The third-order valence-corrected chi connectivity index (χ3v) is 4.84. The normalized spacial score (nSPS) is 11.6. The van der Waals surface area contributed by atoms with Crippen molar-refractivity contribution in [3.63, 3.8) is 0 Å². The highest BCUT2D eigenvalue weighted by Gasteiger charge is 2.19. The lowest BCUT2D eigenvalue weighted by molar-refractivity contribution is 0.544. The molecule has 1 aromatic carbocycles. The predicted octanol–water partition coefficient (Wildman–Crippen LogP) is 6.35. The Morgan fingerprint density at radius 1 is 1.05 bits per heavy atom. The Bertz CT molecular complexity index is 685. The van der Waals surface area contributed by atoms with Crippen molar-refractivity contribution in [1.82, 2.24) is 9.97 Å². The number of nitrogens with one attached hydrogen (secondary N) is 1. The molecule has 1 aromatic heterocycles. The topological polar surface area (TPSA) is 37.8 Å². The van der Waals surface area contributed by atoms with E-state index < -0.39 is 0 Å². The van der Waals surface area contributed by atoms with Gasteiger partial charge in [-0.1, -0.05) is 44.0 Å². The van der Waals surface area contributed by atoms with E-state index in [1.54, 1.807) is 6.07 Å². The zero-order valence-electron chi connectivity index (χ0n) is 11.6. The summed E-state index contributed by atoms with van der Waals surface area (Å²) in [5.74, 6) is 1.39. The number of aromatic nitrogens is 2. The molecular weight excluding hydrogens is 441 g/mol. The molecule has 0 saturated carbocycles. The van der Waals surface area contributed by atoms with Gasteiger partial charge < -0.3 is 5.32 Å². The van der Waals surface area contributed by atoms with Crippen molar-refractivity contribution < 1.29 is 0 Å². The zero-order chi connectivity index (χ0) is 15.8.